The number of aryl methyl sites for hydroxylation is 2. The predicted octanol–water partition coefficient (Wildman–Crippen LogP) is 2.53. The van der Waals surface area contributed by atoms with Crippen LogP contribution in [0.5, 0.6) is 0 Å². The van der Waals surface area contributed by atoms with Crippen molar-refractivity contribution in [2.24, 2.45) is 7.05 Å². The van der Waals surface area contributed by atoms with Crippen LogP contribution in [0.3, 0.4) is 0 Å². The van der Waals surface area contributed by atoms with E-state index in [4.69, 9.17) is 0 Å². The average Bonchev–Trinajstić information content (AvgIpc) is 2.83. The summed E-state index contributed by atoms with van der Waals surface area (Å²) < 4.78 is 1.64. The lowest BCUT2D eigenvalue weighted by Crippen LogP contribution is -2.13. The first-order valence-electron chi connectivity index (χ1n) is 6.31. The Morgan fingerprint density at radius 1 is 1.25 bits per heavy atom. The molecule has 0 radical (unpaired) electrons. The number of fused-ring (bicyclic) bond motifs is 1. The molecule has 5 nitrogen and oxygen atoms in total. The summed E-state index contributed by atoms with van der Waals surface area (Å²) in [6, 6.07) is 11.2. The summed E-state index contributed by atoms with van der Waals surface area (Å²) in [5.74, 6) is 0.362. The molecule has 0 atom stereocenters. The fourth-order valence-corrected chi connectivity index (χ4v) is 2.16. The number of anilines is 1. The van der Waals surface area contributed by atoms with E-state index in [0.29, 0.717) is 11.4 Å². The van der Waals surface area contributed by atoms with E-state index in [9.17, 15) is 4.79 Å². The molecule has 3 rings (SSSR count). The first kappa shape index (κ1) is 12.3. The summed E-state index contributed by atoms with van der Waals surface area (Å²) in [5.41, 5.74) is 2.24. The van der Waals surface area contributed by atoms with Gasteiger partial charge < -0.3 is 5.32 Å². The van der Waals surface area contributed by atoms with Crippen LogP contribution in [-0.2, 0) is 7.05 Å². The van der Waals surface area contributed by atoms with Crippen LogP contribution in [0.25, 0.3) is 10.9 Å². The third-order valence-electron chi connectivity index (χ3n) is 3.04. The zero-order valence-corrected chi connectivity index (χ0v) is 11.3. The number of nitrogens with zero attached hydrogens (tertiary/aromatic N) is 3. The van der Waals surface area contributed by atoms with Crippen molar-refractivity contribution in [1.82, 2.24) is 14.8 Å². The minimum atomic E-state index is -0.176. The van der Waals surface area contributed by atoms with Gasteiger partial charge in [-0.1, -0.05) is 18.2 Å². The number of para-hydroxylation sites is 1. The number of amides is 1. The molecule has 2 aromatic heterocycles. The summed E-state index contributed by atoms with van der Waals surface area (Å²) in [6.07, 6.45) is 1.78. The van der Waals surface area contributed by atoms with Gasteiger partial charge >= 0.3 is 0 Å². The van der Waals surface area contributed by atoms with Gasteiger partial charge in [-0.2, -0.15) is 5.10 Å². The van der Waals surface area contributed by atoms with E-state index in [1.54, 1.807) is 23.0 Å². The lowest BCUT2D eigenvalue weighted by molar-refractivity contribution is 0.102. The van der Waals surface area contributed by atoms with Crippen molar-refractivity contribution in [3.05, 3.63) is 53.9 Å². The van der Waals surface area contributed by atoms with E-state index in [2.05, 4.69) is 15.4 Å². The first-order chi connectivity index (χ1) is 9.63. The number of nitrogens with one attached hydrogen (secondary N) is 1. The maximum absolute atomic E-state index is 12.4. The molecule has 20 heavy (non-hydrogen) atoms. The molecular formula is C15H14N4O. The molecule has 1 aromatic carbocycles. The molecule has 0 aliphatic carbocycles. The molecule has 0 aliphatic rings. The Bertz CT molecular complexity index is 791. The van der Waals surface area contributed by atoms with Crippen LogP contribution >= 0.6 is 0 Å². The number of aromatic nitrogens is 3. The van der Waals surface area contributed by atoms with E-state index in [0.717, 1.165) is 16.6 Å². The average molecular weight is 266 g/mol. The van der Waals surface area contributed by atoms with E-state index in [1.807, 2.05) is 38.2 Å². The number of hydrogen-bond donors (Lipinski definition) is 1. The Morgan fingerprint density at radius 2 is 2.05 bits per heavy atom. The van der Waals surface area contributed by atoms with Gasteiger partial charge in [-0.05, 0) is 19.1 Å². The second kappa shape index (κ2) is 4.77. The van der Waals surface area contributed by atoms with Crippen molar-refractivity contribution in [3.63, 3.8) is 0 Å². The highest BCUT2D eigenvalue weighted by molar-refractivity contribution is 6.12. The molecule has 5 heteroatoms. The Hall–Kier alpha value is -2.69. The second-order valence-corrected chi connectivity index (χ2v) is 4.66. The second-order valence-electron chi connectivity index (χ2n) is 4.66. The monoisotopic (exact) mass is 266 g/mol. The summed E-state index contributed by atoms with van der Waals surface area (Å²) >= 11 is 0. The first-order valence-corrected chi connectivity index (χ1v) is 6.31. The van der Waals surface area contributed by atoms with Crippen molar-refractivity contribution in [2.45, 2.75) is 6.92 Å². The highest BCUT2D eigenvalue weighted by Crippen LogP contribution is 2.19. The number of hydrogen-bond acceptors (Lipinski definition) is 3. The highest BCUT2D eigenvalue weighted by atomic mass is 16.1. The Labute approximate surface area is 116 Å². The number of carbonyl (C=O) groups is 1. The van der Waals surface area contributed by atoms with Crippen LogP contribution < -0.4 is 5.32 Å². The number of pyridine rings is 1. The van der Waals surface area contributed by atoms with Crippen molar-refractivity contribution in [3.8, 4) is 0 Å². The smallest absolute Gasteiger partial charge is 0.257 e. The topological polar surface area (TPSA) is 59.8 Å². The zero-order chi connectivity index (χ0) is 14.1. The standard InChI is InChI=1S/C15H14N4O/c1-10-9-12(11-5-3-4-6-13(11)16-10)15(20)17-14-7-8-19(2)18-14/h3-9H,1-2H3,(H,17,18,20). The van der Waals surface area contributed by atoms with Gasteiger partial charge in [0.25, 0.3) is 5.91 Å². The quantitative estimate of drug-likeness (QED) is 0.775. The molecule has 0 saturated heterocycles. The SMILES string of the molecule is Cc1cc(C(=O)Nc2ccn(C)n2)c2ccccc2n1. The molecule has 0 saturated carbocycles. The van der Waals surface area contributed by atoms with E-state index < -0.39 is 0 Å². The maximum atomic E-state index is 12.4. The molecule has 0 bridgehead atoms. The molecule has 0 aliphatic heterocycles. The van der Waals surface area contributed by atoms with Crippen molar-refractivity contribution < 1.29 is 4.79 Å². The number of rotatable bonds is 2. The van der Waals surface area contributed by atoms with Crippen LogP contribution in [0.2, 0.25) is 0 Å². The van der Waals surface area contributed by atoms with Crippen LogP contribution in [0.15, 0.2) is 42.6 Å². The lowest BCUT2D eigenvalue weighted by atomic mass is 10.1. The third-order valence-corrected chi connectivity index (χ3v) is 3.04. The van der Waals surface area contributed by atoms with E-state index in [1.165, 1.54) is 0 Å². The fourth-order valence-electron chi connectivity index (χ4n) is 2.16. The van der Waals surface area contributed by atoms with Gasteiger partial charge in [0.15, 0.2) is 5.82 Å². The summed E-state index contributed by atoms with van der Waals surface area (Å²) in [4.78, 5) is 16.8. The van der Waals surface area contributed by atoms with Gasteiger partial charge in [0, 0.05) is 30.4 Å². The lowest BCUT2D eigenvalue weighted by Gasteiger charge is -2.07. The molecule has 0 unspecified atom stereocenters. The molecule has 100 valence electrons. The van der Waals surface area contributed by atoms with Crippen LogP contribution in [-0.4, -0.2) is 20.7 Å². The number of benzene rings is 1. The Kier molecular flexibility index (Phi) is 2.95. The van der Waals surface area contributed by atoms with Crippen LogP contribution in [0.1, 0.15) is 16.1 Å². The maximum Gasteiger partial charge on any atom is 0.257 e. The highest BCUT2D eigenvalue weighted by Gasteiger charge is 2.12. The van der Waals surface area contributed by atoms with Crippen molar-refractivity contribution in [1.29, 1.82) is 0 Å². The fraction of sp³-hybridized carbons (Fsp3) is 0.133. The summed E-state index contributed by atoms with van der Waals surface area (Å²) in [6.45, 7) is 1.88. The molecule has 1 amide bonds. The van der Waals surface area contributed by atoms with Gasteiger partial charge in [0.1, 0.15) is 0 Å². The van der Waals surface area contributed by atoms with Crippen LogP contribution in [0.4, 0.5) is 5.82 Å². The minimum Gasteiger partial charge on any atom is -0.305 e. The van der Waals surface area contributed by atoms with E-state index in [-0.39, 0.29) is 5.91 Å². The predicted molar refractivity (Wildman–Crippen MR) is 77.6 cm³/mol. The van der Waals surface area contributed by atoms with Gasteiger partial charge in [0.05, 0.1) is 11.1 Å². The van der Waals surface area contributed by atoms with Crippen LogP contribution in [0, 0.1) is 6.92 Å². The van der Waals surface area contributed by atoms with Gasteiger partial charge in [0.2, 0.25) is 0 Å². The normalized spacial score (nSPS) is 10.7. The zero-order valence-electron chi connectivity index (χ0n) is 11.3. The Morgan fingerprint density at radius 3 is 2.80 bits per heavy atom. The van der Waals surface area contributed by atoms with Crippen molar-refractivity contribution in [2.75, 3.05) is 5.32 Å². The van der Waals surface area contributed by atoms with Crippen molar-refractivity contribution >= 4 is 22.6 Å². The summed E-state index contributed by atoms with van der Waals surface area (Å²) in [7, 11) is 1.81. The summed E-state index contributed by atoms with van der Waals surface area (Å²) in [5, 5.41) is 7.79. The van der Waals surface area contributed by atoms with E-state index >= 15 is 0 Å². The molecule has 3 aromatic rings. The number of carbonyl (C=O) groups excluding carboxylic acids is 1. The minimum absolute atomic E-state index is 0.176. The molecule has 2 heterocycles. The molecule has 0 fully saturated rings. The van der Waals surface area contributed by atoms with Gasteiger partial charge in [-0.3, -0.25) is 14.5 Å². The molecule has 1 N–H and O–H groups in total. The third kappa shape index (κ3) is 2.25. The largest absolute Gasteiger partial charge is 0.305 e. The van der Waals surface area contributed by atoms with Gasteiger partial charge in [-0.25, -0.2) is 0 Å². The molecular weight excluding hydrogens is 252 g/mol. The van der Waals surface area contributed by atoms with Gasteiger partial charge in [-0.15, -0.1) is 0 Å². The Balaban J connectivity index is 2.02. The molecule has 0 spiro atoms.